The highest BCUT2D eigenvalue weighted by atomic mass is 79.9. The van der Waals surface area contributed by atoms with Crippen molar-refractivity contribution in [1.82, 2.24) is 4.90 Å². The molecule has 1 aliphatic carbocycles. The lowest BCUT2D eigenvalue weighted by Gasteiger charge is -2.49. The van der Waals surface area contributed by atoms with Crippen molar-refractivity contribution in [1.29, 1.82) is 0 Å². The van der Waals surface area contributed by atoms with Crippen LogP contribution in [0.5, 0.6) is 0 Å². The summed E-state index contributed by atoms with van der Waals surface area (Å²) < 4.78 is 1.20. The molecule has 1 aliphatic heterocycles. The Labute approximate surface area is 130 Å². The Kier molecular flexibility index (Phi) is 4.21. The predicted molar refractivity (Wildman–Crippen MR) is 87.9 cm³/mol. The van der Waals surface area contributed by atoms with Gasteiger partial charge in [0.2, 0.25) is 0 Å². The summed E-state index contributed by atoms with van der Waals surface area (Å²) in [5.74, 6) is 0.818. The number of fused-ring (bicyclic) bond motifs is 1. The summed E-state index contributed by atoms with van der Waals surface area (Å²) in [5.41, 5.74) is 9.47. The highest BCUT2D eigenvalue weighted by Gasteiger charge is 2.39. The fourth-order valence-electron chi connectivity index (χ4n) is 4.00. The van der Waals surface area contributed by atoms with E-state index in [9.17, 15) is 0 Å². The number of rotatable bonds is 2. The van der Waals surface area contributed by atoms with E-state index in [0.29, 0.717) is 0 Å². The summed E-state index contributed by atoms with van der Waals surface area (Å²) >= 11 is 3.59. The quantitative estimate of drug-likeness (QED) is 0.897. The molecule has 110 valence electrons. The average Bonchev–Trinajstić information content (AvgIpc) is 2.47. The van der Waals surface area contributed by atoms with Crippen molar-refractivity contribution in [3.8, 4) is 0 Å². The van der Waals surface area contributed by atoms with E-state index in [0.717, 1.165) is 25.3 Å². The molecule has 1 heterocycles. The van der Waals surface area contributed by atoms with Gasteiger partial charge in [0.05, 0.1) is 0 Å². The third-order valence-electron chi connectivity index (χ3n) is 5.26. The molecule has 0 saturated carbocycles. The van der Waals surface area contributed by atoms with Crippen LogP contribution in [0.4, 0.5) is 0 Å². The molecule has 0 spiro atoms. The van der Waals surface area contributed by atoms with Crippen molar-refractivity contribution in [3.05, 3.63) is 33.8 Å². The van der Waals surface area contributed by atoms with Gasteiger partial charge in [-0.05, 0) is 67.8 Å². The lowest BCUT2D eigenvalue weighted by Crippen LogP contribution is -2.59. The summed E-state index contributed by atoms with van der Waals surface area (Å²) in [4.78, 5) is 2.70. The van der Waals surface area contributed by atoms with E-state index >= 15 is 0 Å². The Bertz CT molecular complexity index is 488. The van der Waals surface area contributed by atoms with Gasteiger partial charge in [-0.1, -0.05) is 28.9 Å². The molecule has 2 unspecified atom stereocenters. The van der Waals surface area contributed by atoms with Crippen LogP contribution in [0.25, 0.3) is 0 Å². The fourth-order valence-corrected chi connectivity index (χ4v) is 4.41. The number of benzene rings is 1. The second-order valence-corrected chi connectivity index (χ2v) is 7.63. The maximum absolute atomic E-state index is 6.25. The van der Waals surface area contributed by atoms with Crippen molar-refractivity contribution < 1.29 is 0 Å². The van der Waals surface area contributed by atoms with E-state index in [1.807, 2.05) is 0 Å². The number of nitrogens with two attached hydrogens (primary N) is 1. The zero-order valence-corrected chi connectivity index (χ0v) is 14.0. The summed E-state index contributed by atoms with van der Waals surface area (Å²) in [7, 11) is 0. The number of likely N-dealkylation sites (tertiary alicyclic amines) is 1. The molecule has 0 bridgehead atoms. The van der Waals surface area contributed by atoms with Gasteiger partial charge in [0.25, 0.3) is 0 Å². The third kappa shape index (κ3) is 2.68. The molecule has 3 heteroatoms. The largest absolute Gasteiger partial charge is 0.329 e. The normalized spacial score (nSPS) is 31.1. The fraction of sp³-hybridized carbons (Fsp3) is 0.647. The molecule has 3 rings (SSSR count). The number of hydrogen-bond donors (Lipinski definition) is 1. The summed E-state index contributed by atoms with van der Waals surface area (Å²) in [6.07, 6.45) is 6.20. The first-order valence-electron chi connectivity index (χ1n) is 7.85. The minimum absolute atomic E-state index is 0.204. The van der Waals surface area contributed by atoms with E-state index < -0.39 is 0 Å². The van der Waals surface area contributed by atoms with Gasteiger partial charge in [0, 0.05) is 23.1 Å². The van der Waals surface area contributed by atoms with Crippen molar-refractivity contribution >= 4 is 15.9 Å². The van der Waals surface area contributed by atoms with E-state index in [-0.39, 0.29) is 5.54 Å². The molecular weight excluding hydrogens is 312 g/mol. The van der Waals surface area contributed by atoms with Crippen LogP contribution in [-0.2, 0) is 12.8 Å². The maximum atomic E-state index is 6.25. The number of halogens is 1. The minimum atomic E-state index is 0.204. The van der Waals surface area contributed by atoms with Crippen LogP contribution in [0.15, 0.2) is 22.7 Å². The van der Waals surface area contributed by atoms with Crippen molar-refractivity contribution in [2.24, 2.45) is 11.7 Å². The molecule has 1 saturated heterocycles. The third-order valence-corrected chi connectivity index (χ3v) is 5.75. The van der Waals surface area contributed by atoms with Gasteiger partial charge < -0.3 is 5.73 Å². The predicted octanol–water partition coefficient (Wildman–Crippen LogP) is 3.37. The molecule has 0 amide bonds. The average molecular weight is 337 g/mol. The maximum Gasteiger partial charge on any atom is 0.0375 e. The van der Waals surface area contributed by atoms with Crippen LogP contribution in [0, 0.1) is 5.92 Å². The summed E-state index contributed by atoms with van der Waals surface area (Å²) in [5, 5.41) is 0. The number of piperidine rings is 1. The first kappa shape index (κ1) is 14.6. The first-order valence-corrected chi connectivity index (χ1v) is 8.65. The van der Waals surface area contributed by atoms with Crippen LogP contribution < -0.4 is 5.73 Å². The SMILES string of the molecule is CC1CCCN(C2(CN)CCc3cc(Br)ccc3C2)C1. The lowest BCUT2D eigenvalue weighted by molar-refractivity contribution is 0.0405. The Hall–Kier alpha value is -0.380. The van der Waals surface area contributed by atoms with E-state index in [2.05, 4.69) is 46.0 Å². The van der Waals surface area contributed by atoms with Crippen LogP contribution >= 0.6 is 15.9 Å². The topological polar surface area (TPSA) is 29.3 Å². The Balaban J connectivity index is 1.85. The monoisotopic (exact) mass is 336 g/mol. The number of hydrogen-bond acceptors (Lipinski definition) is 2. The number of nitrogens with zero attached hydrogens (tertiary/aromatic N) is 1. The van der Waals surface area contributed by atoms with Crippen LogP contribution in [0.1, 0.15) is 37.3 Å². The molecule has 2 nitrogen and oxygen atoms in total. The summed E-state index contributed by atoms with van der Waals surface area (Å²) in [6, 6.07) is 6.75. The zero-order valence-electron chi connectivity index (χ0n) is 12.4. The summed E-state index contributed by atoms with van der Waals surface area (Å²) in [6.45, 7) is 5.62. The van der Waals surface area contributed by atoms with E-state index in [4.69, 9.17) is 5.73 Å². The molecule has 0 radical (unpaired) electrons. The molecule has 2 aliphatic rings. The molecule has 2 N–H and O–H groups in total. The van der Waals surface area contributed by atoms with E-state index in [1.54, 1.807) is 0 Å². The molecule has 1 aromatic carbocycles. The Morgan fingerprint density at radius 1 is 1.40 bits per heavy atom. The van der Waals surface area contributed by atoms with Gasteiger partial charge in [-0.25, -0.2) is 0 Å². The van der Waals surface area contributed by atoms with Crippen molar-refractivity contribution in [2.75, 3.05) is 19.6 Å². The molecule has 2 atom stereocenters. The Morgan fingerprint density at radius 2 is 2.25 bits per heavy atom. The Morgan fingerprint density at radius 3 is 3.00 bits per heavy atom. The molecule has 20 heavy (non-hydrogen) atoms. The van der Waals surface area contributed by atoms with Crippen molar-refractivity contribution in [2.45, 2.75) is 44.6 Å². The molecule has 1 aromatic rings. The molecular formula is C17H25BrN2. The van der Waals surface area contributed by atoms with Gasteiger partial charge in [0.15, 0.2) is 0 Å². The van der Waals surface area contributed by atoms with Gasteiger partial charge in [-0.15, -0.1) is 0 Å². The zero-order chi connectivity index (χ0) is 14.2. The smallest absolute Gasteiger partial charge is 0.0375 e. The first-order chi connectivity index (χ1) is 9.63. The highest BCUT2D eigenvalue weighted by molar-refractivity contribution is 9.10. The highest BCUT2D eigenvalue weighted by Crippen LogP contribution is 2.36. The second kappa shape index (κ2) is 5.78. The minimum Gasteiger partial charge on any atom is -0.329 e. The lowest BCUT2D eigenvalue weighted by atomic mass is 9.75. The van der Waals surface area contributed by atoms with Gasteiger partial charge >= 0.3 is 0 Å². The second-order valence-electron chi connectivity index (χ2n) is 6.71. The van der Waals surface area contributed by atoms with Crippen LogP contribution in [-0.4, -0.2) is 30.1 Å². The number of aryl methyl sites for hydroxylation is 1. The van der Waals surface area contributed by atoms with Crippen LogP contribution in [0.2, 0.25) is 0 Å². The standard InChI is InChI=1S/C17H25BrN2/c1-13-3-2-8-20(11-13)17(12-19)7-6-14-9-16(18)5-4-15(14)10-17/h4-5,9,13H,2-3,6-8,10-12,19H2,1H3. The van der Waals surface area contributed by atoms with Crippen molar-refractivity contribution in [3.63, 3.8) is 0 Å². The van der Waals surface area contributed by atoms with E-state index in [1.165, 1.54) is 48.0 Å². The van der Waals surface area contributed by atoms with Gasteiger partial charge in [-0.3, -0.25) is 4.90 Å². The van der Waals surface area contributed by atoms with Crippen LogP contribution in [0.3, 0.4) is 0 Å². The van der Waals surface area contributed by atoms with Gasteiger partial charge in [-0.2, -0.15) is 0 Å². The van der Waals surface area contributed by atoms with Gasteiger partial charge in [0.1, 0.15) is 0 Å². The molecule has 1 fully saturated rings. The molecule has 0 aromatic heterocycles.